The van der Waals surface area contributed by atoms with E-state index in [9.17, 15) is 4.79 Å². The number of carbonyl (C=O) groups excluding carboxylic acids is 1. The van der Waals surface area contributed by atoms with Gasteiger partial charge in [-0.3, -0.25) is 4.79 Å². The Labute approximate surface area is 87.3 Å². The van der Waals surface area contributed by atoms with Gasteiger partial charge in [-0.05, 0) is 12.1 Å². The third-order valence-corrected chi connectivity index (χ3v) is 1.89. The molecule has 0 aliphatic heterocycles. The maximum absolute atomic E-state index is 11.2. The zero-order valence-corrected chi connectivity index (χ0v) is 8.21. The summed E-state index contributed by atoms with van der Waals surface area (Å²) in [7, 11) is 0. The van der Waals surface area contributed by atoms with Gasteiger partial charge in [0.05, 0.1) is 6.54 Å². The number of nitrogens with two attached hydrogens (primary N) is 1. The number of halogens is 1. The monoisotopic (exact) mass is 211 g/mol. The van der Waals surface area contributed by atoms with Crippen LogP contribution in [0, 0.1) is 0 Å². The van der Waals surface area contributed by atoms with Crippen molar-refractivity contribution < 1.29 is 9.21 Å². The highest BCUT2D eigenvalue weighted by Crippen LogP contribution is 2.18. The van der Waals surface area contributed by atoms with E-state index in [4.69, 9.17) is 10.2 Å². The molecule has 1 aromatic heterocycles. The van der Waals surface area contributed by atoms with E-state index in [1.165, 1.54) is 0 Å². The fourth-order valence-electron chi connectivity index (χ4n) is 1.22. The minimum absolute atomic E-state index is 0. The summed E-state index contributed by atoms with van der Waals surface area (Å²) in [5, 5.41) is 0.930. The number of fused-ring (bicyclic) bond motifs is 1. The van der Waals surface area contributed by atoms with E-state index in [0.717, 1.165) is 11.0 Å². The number of hydrogen-bond donors (Lipinski definition) is 1. The smallest absolute Gasteiger partial charge is 0.211 e. The number of benzene rings is 1. The summed E-state index contributed by atoms with van der Waals surface area (Å²) in [6, 6.07) is 9.19. The number of hydrogen-bond acceptors (Lipinski definition) is 3. The predicted molar refractivity (Wildman–Crippen MR) is 56.8 cm³/mol. The Bertz CT molecular complexity index is 417. The Hall–Kier alpha value is -1.32. The fourth-order valence-corrected chi connectivity index (χ4v) is 1.22. The Morgan fingerprint density at radius 2 is 2.07 bits per heavy atom. The van der Waals surface area contributed by atoms with Crippen LogP contribution in [0.4, 0.5) is 0 Å². The Morgan fingerprint density at radius 1 is 1.36 bits per heavy atom. The second-order valence-electron chi connectivity index (χ2n) is 2.78. The summed E-state index contributed by atoms with van der Waals surface area (Å²) in [5.41, 5.74) is 5.94. The van der Waals surface area contributed by atoms with Crippen molar-refractivity contribution in [3.8, 4) is 0 Å². The Morgan fingerprint density at radius 3 is 2.71 bits per heavy atom. The van der Waals surface area contributed by atoms with Crippen molar-refractivity contribution in [2.45, 2.75) is 0 Å². The molecule has 0 saturated heterocycles. The molecule has 14 heavy (non-hydrogen) atoms. The summed E-state index contributed by atoms with van der Waals surface area (Å²) in [4.78, 5) is 11.2. The normalized spacial score (nSPS) is 9.79. The largest absolute Gasteiger partial charge is 0.453 e. The first-order valence-corrected chi connectivity index (χ1v) is 4.03. The van der Waals surface area contributed by atoms with Crippen LogP contribution < -0.4 is 5.73 Å². The van der Waals surface area contributed by atoms with Crippen LogP contribution in [0.3, 0.4) is 0 Å². The topological polar surface area (TPSA) is 56.2 Å². The molecule has 74 valence electrons. The first-order valence-electron chi connectivity index (χ1n) is 4.03. The molecule has 0 radical (unpaired) electrons. The molecular formula is C10H10ClNO2. The molecule has 0 aliphatic rings. The molecule has 0 spiro atoms. The van der Waals surface area contributed by atoms with E-state index >= 15 is 0 Å². The standard InChI is InChI=1S/C10H9NO2.ClH/c11-6-8(12)10-5-7-3-1-2-4-9(7)13-10;/h1-5H,6,11H2;1H. The van der Waals surface area contributed by atoms with Gasteiger partial charge in [0.2, 0.25) is 5.78 Å². The van der Waals surface area contributed by atoms with Gasteiger partial charge in [0.1, 0.15) is 5.58 Å². The number of Topliss-reactive ketones (excluding diaryl/α,β-unsaturated/α-hetero) is 1. The van der Waals surface area contributed by atoms with Gasteiger partial charge in [0, 0.05) is 5.39 Å². The number of furan rings is 1. The van der Waals surface area contributed by atoms with Gasteiger partial charge in [0.15, 0.2) is 5.76 Å². The van der Waals surface area contributed by atoms with E-state index in [1.807, 2.05) is 24.3 Å². The zero-order chi connectivity index (χ0) is 9.26. The molecule has 2 aromatic rings. The number of rotatable bonds is 2. The number of para-hydroxylation sites is 1. The van der Waals surface area contributed by atoms with Crippen molar-refractivity contribution in [1.29, 1.82) is 0 Å². The molecule has 4 heteroatoms. The lowest BCUT2D eigenvalue weighted by Gasteiger charge is -1.87. The van der Waals surface area contributed by atoms with Gasteiger partial charge in [-0.2, -0.15) is 0 Å². The van der Waals surface area contributed by atoms with E-state index in [-0.39, 0.29) is 24.7 Å². The molecular weight excluding hydrogens is 202 g/mol. The summed E-state index contributed by atoms with van der Waals surface area (Å²) in [6.45, 7) is -0.0141. The molecule has 0 bridgehead atoms. The van der Waals surface area contributed by atoms with Crippen molar-refractivity contribution in [3.63, 3.8) is 0 Å². The van der Waals surface area contributed by atoms with Gasteiger partial charge in [-0.25, -0.2) is 0 Å². The van der Waals surface area contributed by atoms with Gasteiger partial charge >= 0.3 is 0 Å². The molecule has 2 N–H and O–H groups in total. The lowest BCUT2D eigenvalue weighted by molar-refractivity contribution is 0.0977. The summed E-state index contributed by atoms with van der Waals surface area (Å²) >= 11 is 0. The van der Waals surface area contributed by atoms with Crippen LogP contribution in [0.15, 0.2) is 34.7 Å². The van der Waals surface area contributed by atoms with Crippen LogP contribution in [0.2, 0.25) is 0 Å². The second-order valence-corrected chi connectivity index (χ2v) is 2.78. The van der Waals surface area contributed by atoms with Crippen LogP contribution in [0.25, 0.3) is 11.0 Å². The van der Waals surface area contributed by atoms with E-state index in [0.29, 0.717) is 5.76 Å². The van der Waals surface area contributed by atoms with Gasteiger partial charge in [0.25, 0.3) is 0 Å². The van der Waals surface area contributed by atoms with Crippen molar-refractivity contribution in [2.24, 2.45) is 5.73 Å². The third kappa shape index (κ3) is 1.78. The lowest BCUT2D eigenvalue weighted by atomic mass is 10.2. The third-order valence-electron chi connectivity index (χ3n) is 1.89. The predicted octanol–water partition coefficient (Wildman–Crippen LogP) is 2.00. The first-order chi connectivity index (χ1) is 6.31. The zero-order valence-electron chi connectivity index (χ0n) is 7.40. The molecule has 3 nitrogen and oxygen atoms in total. The minimum Gasteiger partial charge on any atom is -0.453 e. The molecule has 0 aliphatic carbocycles. The van der Waals surface area contributed by atoms with Crippen LogP contribution in [0.1, 0.15) is 10.6 Å². The van der Waals surface area contributed by atoms with Crippen LogP contribution >= 0.6 is 12.4 Å². The maximum Gasteiger partial charge on any atom is 0.211 e. The summed E-state index contributed by atoms with van der Waals surface area (Å²) in [5.74, 6) is 0.167. The van der Waals surface area contributed by atoms with E-state index in [1.54, 1.807) is 6.07 Å². The summed E-state index contributed by atoms with van der Waals surface area (Å²) < 4.78 is 5.29. The summed E-state index contributed by atoms with van der Waals surface area (Å²) in [6.07, 6.45) is 0. The lowest BCUT2D eigenvalue weighted by Crippen LogP contribution is -2.12. The Balaban J connectivity index is 0.000000980. The van der Waals surface area contributed by atoms with Crippen molar-refractivity contribution >= 4 is 29.2 Å². The molecule has 0 atom stereocenters. The van der Waals surface area contributed by atoms with Crippen molar-refractivity contribution in [1.82, 2.24) is 0 Å². The van der Waals surface area contributed by atoms with Crippen LogP contribution in [0.5, 0.6) is 0 Å². The average Bonchev–Trinajstić information content (AvgIpc) is 2.59. The molecule has 0 saturated carbocycles. The average molecular weight is 212 g/mol. The van der Waals surface area contributed by atoms with Gasteiger partial charge in [-0.15, -0.1) is 12.4 Å². The van der Waals surface area contributed by atoms with Crippen molar-refractivity contribution in [2.75, 3.05) is 6.54 Å². The highest BCUT2D eigenvalue weighted by molar-refractivity contribution is 5.98. The maximum atomic E-state index is 11.2. The second kappa shape index (κ2) is 4.26. The molecule has 1 heterocycles. The minimum atomic E-state index is -0.170. The highest BCUT2D eigenvalue weighted by Gasteiger charge is 2.09. The van der Waals surface area contributed by atoms with Gasteiger partial charge in [-0.1, -0.05) is 18.2 Å². The molecule has 0 fully saturated rings. The van der Waals surface area contributed by atoms with Crippen LogP contribution in [-0.2, 0) is 0 Å². The molecule has 1 aromatic carbocycles. The molecule has 0 amide bonds. The first kappa shape index (κ1) is 10.8. The molecule has 2 rings (SSSR count). The SMILES string of the molecule is Cl.NCC(=O)c1cc2ccccc2o1. The fraction of sp³-hybridized carbons (Fsp3) is 0.100. The number of carbonyl (C=O) groups is 1. The number of ketones is 1. The van der Waals surface area contributed by atoms with E-state index in [2.05, 4.69) is 0 Å². The van der Waals surface area contributed by atoms with Gasteiger partial charge < -0.3 is 10.2 Å². The molecule has 0 unspecified atom stereocenters. The van der Waals surface area contributed by atoms with E-state index < -0.39 is 0 Å². The quantitative estimate of drug-likeness (QED) is 0.773. The Kier molecular flexibility index (Phi) is 3.28. The highest BCUT2D eigenvalue weighted by atomic mass is 35.5. The van der Waals surface area contributed by atoms with Crippen LogP contribution in [-0.4, -0.2) is 12.3 Å². The van der Waals surface area contributed by atoms with Crippen molar-refractivity contribution in [3.05, 3.63) is 36.1 Å².